The van der Waals surface area contributed by atoms with Crippen LogP contribution in [0.5, 0.6) is 0 Å². The van der Waals surface area contributed by atoms with E-state index in [1.165, 1.54) is 154 Å². The molecule has 7 atom stereocenters. The van der Waals surface area contributed by atoms with Crippen LogP contribution in [0.25, 0.3) is 0 Å². The summed E-state index contributed by atoms with van der Waals surface area (Å²) in [5, 5.41) is 54.7. The largest absolute Gasteiger partial charge is 0.394 e. The summed E-state index contributed by atoms with van der Waals surface area (Å²) in [5.41, 5.74) is 0. The van der Waals surface area contributed by atoms with Crippen molar-refractivity contribution in [2.75, 3.05) is 13.2 Å². The zero-order chi connectivity index (χ0) is 59.3. The van der Waals surface area contributed by atoms with Crippen molar-refractivity contribution in [2.45, 2.75) is 320 Å². The van der Waals surface area contributed by atoms with Gasteiger partial charge in [0.2, 0.25) is 5.91 Å². The van der Waals surface area contributed by atoms with Crippen molar-refractivity contribution in [1.29, 1.82) is 0 Å². The fourth-order valence-electron chi connectivity index (χ4n) is 10.0. The standard InChI is InChI=1S/C73H125NO8/c1-3-5-7-9-11-13-15-17-19-21-23-25-27-29-30-31-32-33-34-35-36-37-38-39-41-43-45-47-49-51-53-55-57-59-61-63-69(77)74-66(65-81-73-72(80)71(79)70(78)68(64-75)82-73)67(76)62-60-58-56-54-52-50-48-46-44-42-40-28-26-24-22-20-18-16-14-12-10-8-6-4-2/h5,7,11,13,17,19,23,25,29-30,32-33,35-36,38-39,52,54,60,62,66-68,70-73,75-76,78-80H,3-4,6,8-10,12,14-16,18,20-22,24,26-28,31,34,37,40-51,53,55-59,61,63-65H2,1-2H3,(H,74,77)/b7-5-,13-11-,19-17-,25-23-,30-29-,33-32-,36-35-,39-38-,54-52+,62-60+. The molecule has 0 spiro atoms. The Kier molecular flexibility index (Phi) is 56.7. The van der Waals surface area contributed by atoms with E-state index in [4.69, 9.17) is 9.47 Å². The van der Waals surface area contributed by atoms with Gasteiger partial charge in [0.05, 0.1) is 25.4 Å². The van der Waals surface area contributed by atoms with Crippen LogP contribution in [0.3, 0.4) is 0 Å². The first-order chi connectivity index (χ1) is 40.3. The van der Waals surface area contributed by atoms with Crippen LogP contribution in [-0.2, 0) is 14.3 Å². The van der Waals surface area contributed by atoms with Gasteiger partial charge in [-0.15, -0.1) is 0 Å². The Balaban J connectivity index is 2.19. The van der Waals surface area contributed by atoms with E-state index < -0.39 is 49.5 Å². The molecule has 9 nitrogen and oxygen atoms in total. The predicted molar refractivity (Wildman–Crippen MR) is 350 cm³/mol. The minimum Gasteiger partial charge on any atom is -0.394 e. The third-order valence-electron chi connectivity index (χ3n) is 15.3. The molecule has 1 rings (SSSR count). The first kappa shape index (κ1) is 76.6. The van der Waals surface area contributed by atoms with E-state index in [1.807, 2.05) is 6.08 Å². The fourth-order valence-corrected chi connectivity index (χ4v) is 10.0. The lowest BCUT2D eigenvalue weighted by molar-refractivity contribution is -0.302. The Morgan fingerprint density at radius 3 is 1.17 bits per heavy atom. The molecule has 7 unspecified atom stereocenters. The molecular formula is C73H125NO8. The van der Waals surface area contributed by atoms with Crippen molar-refractivity contribution in [3.8, 4) is 0 Å². The molecule has 1 saturated heterocycles. The maximum Gasteiger partial charge on any atom is 0.220 e. The zero-order valence-corrected chi connectivity index (χ0v) is 52.5. The van der Waals surface area contributed by atoms with E-state index in [0.717, 1.165) is 103 Å². The van der Waals surface area contributed by atoms with Gasteiger partial charge in [0.15, 0.2) is 6.29 Å². The van der Waals surface area contributed by atoms with Crippen LogP contribution in [0.2, 0.25) is 0 Å². The van der Waals surface area contributed by atoms with Gasteiger partial charge < -0.3 is 40.3 Å². The summed E-state index contributed by atoms with van der Waals surface area (Å²) in [6.07, 6.45) is 84.3. The molecule has 0 bridgehead atoms. The molecular weight excluding hydrogens is 1020 g/mol. The molecule has 1 heterocycles. The number of nitrogens with one attached hydrogen (secondary N) is 1. The number of aliphatic hydroxyl groups excluding tert-OH is 5. The van der Waals surface area contributed by atoms with Crippen molar-refractivity contribution in [1.82, 2.24) is 5.32 Å². The van der Waals surface area contributed by atoms with Gasteiger partial charge in [0.1, 0.15) is 24.4 Å². The van der Waals surface area contributed by atoms with Gasteiger partial charge in [0.25, 0.3) is 0 Å². The Morgan fingerprint density at radius 1 is 0.427 bits per heavy atom. The van der Waals surface area contributed by atoms with Gasteiger partial charge in [-0.25, -0.2) is 0 Å². The normalized spacial score (nSPS) is 19.1. The van der Waals surface area contributed by atoms with Gasteiger partial charge in [-0.05, 0) is 96.3 Å². The highest BCUT2D eigenvalue weighted by molar-refractivity contribution is 5.76. The second-order valence-corrected chi connectivity index (χ2v) is 22.9. The molecule has 0 radical (unpaired) electrons. The van der Waals surface area contributed by atoms with Gasteiger partial charge in [0, 0.05) is 6.42 Å². The second kappa shape index (κ2) is 60.7. The van der Waals surface area contributed by atoms with Crippen molar-refractivity contribution in [3.63, 3.8) is 0 Å². The molecule has 0 saturated carbocycles. The lowest BCUT2D eigenvalue weighted by atomic mass is 9.99. The lowest BCUT2D eigenvalue weighted by Gasteiger charge is -2.40. The molecule has 1 aliphatic heterocycles. The topological polar surface area (TPSA) is 149 Å². The van der Waals surface area contributed by atoms with E-state index in [-0.39, 0.29) is 12.5 Å². The number of amides is 1. The number of carbonyl (C=O) groups is 1. The zero-order valence-electron chi connectivity index (χ0n) is 52.5. The van der Waals surface area contributed by atoms with Crippen molar-refractivity contribution >= 4 is 5.91 Å². The molecule has 0 aromatic heterocycles. The number of allylic oxidation sites excluding steroid dienone is 19. The van der Waals surface area contributed by atoms with Gasteiger partial charge in [-0.3, -0.25) is 4.79 Å². The maximum atomic E-state index is 13.1. The number of hydrogen-bond acceptors (Lipinski definition) is 8. The average Bonchev–Trinajstić information content (AvgIpc) is 3.52. The van der Waals surface area contributed by atoms with Crippen molar-refractivity contribution < 1.29 is 39.8 Å². The molecule has 0 aliphatic carbocycles. The first-order valence-electron chi connectivity index (χ1n) is 33.8. The monoisotopic (exact) mass is 1140 g/mol. The Hall–Kier alpha value is -3.41. The maximum absolute atomic E-state index is 13.1. The van der Waals surface area contributed by atoms with Crippen molar-refractivity contribution in [3.05, 3.63) is 122 Å². The van der Waals surface area contributed by atoms with Crippen LogP contribution in [0.1, 0.15) is 277 Å². The Bertz CT molecular complexity index is 1710. The van der Waals surface area contributed by atoms with E-state index in [0.29, 0.717) is 6.42 Å². The van der Waals surface area contributed by atoms with E-state index in [9.17, 15) is 30.3 Å². The highest BCUT2D eigenvalue weighted by atomic mass is 16.7. The Labute approximate surface area is 503 Å². The van der Waals surface area contributed by atoms with Crippen LogP contribution < -0.4 is 5.32 Å². The fraction of sp³-hybridized carbons (Fsp3) is 0.712. The molecule has 82 heavy (non-hydrogen) atoms. The first-order valence-corrected chi connectivity index (χ1v) is 33.8. The second-order valence-electron chi connectivity index (χ2n) is 22.9. The molecule has 1 fully saturated rings. The number of carbonyl (C=O) groups excluding carboxylic acids is 1. The van der Waals surface area contributed by atoms with Gasteiger partial charge >= 0.3 is 0 Å². The number of aliphatic hydroxyl groups is 5. The summed E-state index contributed by atoms with van der Waals surface area (Å²) in [6, 6.07) is -0.834. The summed E-state index contributed by atoms with van der Waals surface area (Å²) in [5.74, 6) is -0.194. The molecule has 9 heteroatoms. The third-order valence-corrected chi connectivity index (χ3v) is 15.3. The van der Waals surface area contributed by atoms with Crippen LogP contribution >= 0.6 is 0 Å². The molecule has 470 valence electrons. The number of ether oxygens (including phenoxy) is 2. The molecule has 0 aromatic carbocycles. The quantitative estimate of drug-likeness (QED) is 0.0261. The van der Waals surface area contributed by atoms with Crippen LogP contribution in [-0.4, -0.2) is 87.5 Å². The van der Waals surface area contributed by atoms with Gasteiger partial charge in [-0.1, -0.05) is 296 Å². The highest BCUT2D eigenvalue weighted by Crippen LogP contribution is 2.23. The molecule has 1 amide bonds. The van der Waals surface area contributed by atoms with Crippen LogP contribution in [0, 0.1) is 0 Å². The van der Waals surface area contributed by atoms with Crippen LogP contribution in [0.4, 0.5) is 0 Å². The van der Waals surface area contributed by atoms with Crippen LogP contribution in [0.15, 0.2) is 122 Å². The minimum absolute atomic E-state index is 0.194. The summed E-state index contributed by atoms with van der Waals surface area (Å²) >= 11 is 0. The number of unbranched alkanes of at least 4 members (excludes halogenated alkanes) is 29. The summed E-state index contributed by atoms with van der Waals surface area (Å²) < 4.78 is 11.3. The number of rotatable bonds is 57. The minimum atomic E-state index is -1.58. The van der Waals surface area contributed by atoms with E-state index in [1.54, 1.807) is 6.08 Å². The molecule has 6 N–H and O–H groups in total. The summed E-state index contributed by atoms with van der Waals surface area (Å²) in [4.78, 5) is 13.1. The molecule has 1 aliphatic rings. The predicted octanol–water partition coefficient (Wildman–Crippen LogP) is 18.2. The highest BCUT2D eigenvalue weighted by Gasteiger charge is 2.44. The summed E-state index contributed by atoms with van der Waals surface area (Å²) in [7, 11) is 0. The lowest BCUT2D eigenvalue weighted by Crippen LogP contribution is -2.60. The summed E-state index contributed by atoms with van der Waals surface area (Å²) in [6.45, 7) is 3.66. The SMILES string of the molecule is CC/C=C\C/C=C\C/C=C\C/C=C\C/C=C\C/C=C\C/C=C\C/C=C\CCCCCCCCCCCCC(=O)NC(COC1OC(CO)C(O)C(O)C1O)C(O)/C=C/CC/C=C/CCCCCCCCCCCCCCCCCCCC. The smallest absolute Gasteiger partial charge is 0.220 e. The third kappa shape index (κ3) is 48.9. The van der Waals surface area contributed by atoms with E-state index in [2.05, 4.69) is 129 Å². The van der Waals surface area contributed by atoms with Gasteiger partial charge in [-0.2, -0.15) is 0 Å². The van der Waals surface area contributed by atoms with Crippen molar-refractivity contribution in [2.24, 2.45) is 0 Å². The number of hydrogen-bond donors (Lipinski definition) is 6. The Morgan fingerprint density at radius 2 is 0.768 bits per heavy atom. The molecule has 0 aromatic rings. The average molecular weight is 1140 g/mol. The van der Waals surface area contributed by atoms with E-state index >= 15 is 0 Å².